The van der Waals surface area contributed by atoms with E-state index in [9.17, 15) is 14.9 Å². The number of Topliss-reactive ketones (excluding diaryl/α,β-unsaturated/α-hetero) is 1. The summed E-state index contributed by atoms with van der Waals surface area (Å²) in [6.07, 6.45) is 1.89. The number of carbonyl (C=O) groups excluding carboxylic acids is 2. The molecule has 1 aliphatic heterocycles. The molecule has 0 spiro atoms. The summed E-state index contributed by atoms with van der Waals surface area (Å²) in [7, 11) is 0. The van der Waals surface area contributed by atoms with Crippen molar-refractivity contribution in [2.45, 2.75) is 26.7 Å². The molecule has 0 bridgehead atoms. The van der Waals surface area contributed by atoms with Crippen LogP contribution in [-0.2, 0) is 4.74 Å². The maximum atomic E-state index is 13.6. The third kappa shape index (κ3) is 3.67. The number of hydrogen-bond donors (Lipinski definition) is 0. The maximum Gasteiger partial charge on any atom is 0.254 e. The summed E-state index contributed by atoms with van der Waals surface area (Å²) in [5.74, 6) is -0.456. The first-order chi connectivity index (χ1) is 14.8. The van der Waals surface area contributed by atoms with Crippen LogP contribution < -0.4 is 0 Å². The zero-order valence-corrected chi connectivity index (χ0v) is 18.5. The number of carbonyl (C=O) groups is 2. The van der Waals surface area contributed by atoms with Crippen LogP contribution in [0.15, 0.2) is 29.8 Å². The number of amides is 1. The number of nitrogens with zero attached hydrogens (tertiary/aromatic N) is 2. The lowest BCUT2D eigenvalue weighted by atomic mass is 9.88. The second-order valence-corrected chi connectivity index (χ2v) is 8.47. The molecule has 1 amide bonds. The maximum absolute atomic E-state index is 13.6. The van der Waals surface area contributed by atoms with Gasteiger partial charge in [-0.2, -0.15) is 5.26 Å². The van der Waals surface area contributed by atoms with Crippen molar-refractivity contribution in [3.05, 3.63) is 73.8 Å². The minimum Gasteiger partial charge on any atom is -0.378 e. The lowest BCUT2D eigenvalue weighted by Crippen LogP contribution is -2.41. The zero-order chi connectivity index (χ0) is 22.3. The van der Waals surface area contributed by atoms with E-state index in [4.69, 9.17) is 16.3 Å². The number of ketones is 1. The van der Waals surface area contributed by atoms with Crippen LogP contribution in [0.3, 0.4) is 0 Å². The van der Waals surface area contributed by atoms with Gasteiger partial charge < -0.3 is 9.64 Å². The van der Waals surface area contributed by atoms with Crippen molar-refractivity contribution in [2.75, 3.05) is 26.3 Å². The Labute approximate surface area is 186 Å². The zero-order valence-electron chi connectivity index (χ0n) is 17.8. The van der Waals surface area contributed by atoms with Crippen LogP contribution in [0.4, 0.5) is 0 Å². The molecule has 1 aliphatic carbocycles. The predicted molar refractivity (Wildman–Crippen MR) is 120 cm³/mol. The van der Waals surface area contributed by atoms with Gasteiger partial charge in [0.25, 0.3) is 5.91 Å². The van der Waals surface area contributed by atoms with Gasteiger partial charge in [0.2, 0.25) is 0 Å². The molecule has 0 radical (unpaired) electrons. The summed E-state index contributed by atoms with van der Waals surface area (Å²) in [6, 6.07) is 9.17. The minimum absolute atomic E-state index is 0.113. The van der Waals surface area contributed by atoms with Crippen LogP contribution in [0.5, 0.6) is 0 Å². The predicted octanol–water partition coefficient (Wildman–Crippen LogP) is 4.68. The standard InChI is InChI=1S/C25H23ClN2O3/c1-14-10-17(13-27)11-20-15(2)21(12-19(14)20)24(29)23-16(3)18(4-5-22(23)26)25(30)28-6-8-31-9-7-28/h4-5,10-12,15H,6-9H2,1-3H3. The van der Waals surface area contributed by atoms with Crippen LogP contribution in [-0.4, -0.2) is 42.9 Å². The fourth-order valence-electron chi connectivity index (χ4n) is 4.43. The van der Waals surface area contributed by atoms with E-state index in [1.807, 2.05) is 32.1 Å². The van der Waals surface area contributed by atoms with Crippen molar-refractivity contribution in [2.24, 2.45) is 0 Å². The average molecular weight is 435 g/mol. The third-order valence-corrected chi connectivity index (χ3v) is 6.53. The monoisotopic (exact) mass is 434 g/mol. The van der Waals surface area contributed by atoms with Gasteiger partial charge in [-0.15, -0.1) is 0 Å². The molecule has 1 saturated heterocycles. The van der Waals surface area contributed by atoms with Gasteiger partial charge >= 0.3 is 0 Å². The molecule has 1 heterocycles. The molecule has 0 saturated carbocycles. The number of halogens is 1. The van der Waals surface area contributed by atoms with Gasteiger partial charge in [-0.25, -0.2) is 0 Å². The van der Waals surface area contributed by atoms with E-state index in [2.05, 4.69) is 6.07 Å². The Morgan fingerprint density at radius 1 is 1.19 bits per heavy atom. The topological polar surface area (TPSA) is 70.4 Å². The van der Waals surface area contributed by atoms with E-state index in [0.29, 0.717) is 59.2 Å². The highest BCUT2D eigenvalue weighted by Crippen LogP contribution is 2.41. The number of morpholine rings is 1. The molecule has 2 aliphatic rings. The molecule has 158 valence electrons. The van der Waals surface area contributed by atoms with Crippen LogP contribution in [0.2, 0.25) is 5.02 Å². The van der Waals surface area contributed by atoms with Gasteiger partial charge in [-0.3, -0.25) is 9.59 Å². The number of nitriles is 1. The van der Waals surface area contributed by atoms with E-state index in [1.165, 1.54) is 0 Å². The smallest absolute Gasteiger partial charge is 0.254 e. The Hall–Kier alpha value is -2.94. The van der Waals surface area contributed by atoms with Gasteiger partial charge in [0, 0.05) is 35.7 Å². The van der Waals surface area contributed by atoms with Gasteiger partial charge in [0.15, 0.2) is 5.78 Å². The molecule has 1 fully saturated rings. The Morgan fingerprint density at radius 2 is 1.90 bits per heavy atom. The van der Waals surface area contributed by atoms with Crippen molar-refractivity contribution >= 4 is 29.4 Å². The minimum atomic E-state index is -0.180. The van der Waals surface area contributed by atoms with Crippen molar-refractivity contribution < 1.29 is 14.3 Å². The van der Waals surface area contributed by atoms with Crippen molar-refractivity contribution in [1.29, 1.82) is 5.26 Å². The fourth-order valence-corrected chi connectivity index (χ4v) is 4.72. The molecule has 5 nitrogen and oxygen atoms in total. The number of rotatable bonds is 3. The van der Waals surface area contributed by atoms with Gasteiger partial charge in [0.1, 0.15) is 0 Å². The quantitative estimate of drug-likeness (QED) is 0.657. The highest BCUT2D eigenvalue weighted by Gasteiger charge is 2.31. The Bertz CT molecular complexity index is 1170. The Kier molecular flexibility index (Phi) is 5.70. The molecular weight excluding hydrogens is 412 g/mol. The number of ether oxygens (including phenoxy) is 1. The van der Waals surface area contributed by atoms with E-state index < -0.39 is 0 Å². The van der Waals surface area contributed by atoms with E-state index in [0.717, 1.165) is 16.7 Å². The lowest BCUT2D eigenvalue weighted by molar-refractivity contribution is 0.0302. The first-order valence-corrected chi connectivity index (χ1v) is 10.7. The van der Waals surface area contributed by atoms with Crippen molar-refractivity contribution in [1.82, 2.24) is 4.90 Å². The first-order valence-electron chi connectivity index (χ1n) is 10.3. The van der Waals surface area contributed by atoms with Gasteiger partial charge in [-0.05, 0) is 66.4 Å². The number of fused-ring (bicyclic) bond motifs is 1. The van der Waals surface area contributed by atoms with Crippen LogP contribution in [0, 0.1) is 25.2 Å². The fraction of sp³-hybridized carbons (Fsp3) is 0.320. The van der Waals surface area contributed by atoms with Crippen molar-refractivity contribution in [3.8, 4) is 6.07 Å². The van der Waals surface area contributed by atoms with E-state index in [1.54, 1.807) is 24.0 Å². The molecule has 2 aromatic rings. The summed E-state index contributed by atoms with van der Waals surface area (Å²) in [5.41, 5.74) is 5.55. The van der Waals surface area contributed by atoms with Gasteiger partial charge in [-0.1, -0.05) is 18.5 Å². The summed E-state index contributed by atoms with van der Waals surface area (Å²) in [4.78, 5) is 28.4. The highest BCUT2D eigenvalue weighted by atomic mass is 35.5. The normalized spacial score (nSPS) is 17.7. The van der Waals surface area contributed by atoms with E-state index >= 15 is 0 Å². The van der Waals surface area contributed by atoms with Crippen LogP contribution >= 0.6 is 11.6 Å². The summed E-state index contributed by atoms with van der Waals surface area (Å²) < 4.78 is 5.34. The molecule has 4 rings (SSSR count). The second kappa shape index (κ2) is 8.30. The number of aryl methyl sites for hydroxylation is 1. The van der Waals surface area contributed by atoms with Gasteiger partial charge in [0.05, 0.1) is 29.9 Å². The number of hydrogen-bond acceptors (Lipinski definition) is 4. The largest absolute Gasteiger partial charge is 0.378 e. The molecule has 1 atom stereocenters. The van der Waals surface area contributed by atoms with Crippen molar-refractivity contribution in [3.63, 3.8) is 0 Å². The molecule has 2 aromatic carbocycles. The SMILES string of the molecule is Cc1cc(C#N)cc2c1C=C(C(=O)c1c(Cl)ccc(C(=O)N3CCOCC3)c1C)C2C. The average Bonchev–Trinajstić information content (AvgIpc) is 3.11. The van der Waals surface area contributed by atoms with Crippen LogP contribution in [0.25, 0.3) is 6.08 Å². The third-order valence-electron chi connectivity index (χ3n) is 6.21. The highest BCUT2D eigenvalue weighted by molar-refractivity contribution is 6.36. The second-order valence-electron chi connectivity index (χ2n) is 8.06. The Balaban J connectivity index is 1.72. The molecule has 1 unspecified atom stereocenters. The van der Waals surface area contributed by atoms with E-state index in [-0.39, 0.29) is 17.6 Å². The summed E-state index contributed by atoms with van der Waals surface area (Å²) >= 11 is 6.47. The molecular formula is C25H23ClN2O3. The molecule has 0 aromatic heterocycles. The summed E-state index contributed by atoms with van der Waals surface area (Å²) in [5, 5.41) is 9.63. The summed E-state index contributed by atoms with van der Waals surface area (Å²) in [6.45, 7) is 7.76. The lowest BCUT2D eigenvalue weighted by Gasteiger charge is -2.27. The number of benzene rings is 2. The Morgan fingerprint density at radius 3 is 2.58 bits per heavy atom. The molecule has 6 heteroatoms. The number of allylic oxidation sites excluding steroid dienone is 1. The first kappa shape index (κ1) is 21.3. The molecule has 0 N–H and O–H groups in total. The van der Waals surface area contributed by atoms with Crippen LogP contribution in [0.1, 0.15) is 61.4 Å². The molecule has 31 heavy (non-hydrogen) atoms.